The van der Waals surface area contributed by atoms with Crippen molar-refractivity contribution in [2.45, 2.75) is 30.4 Å². The largest absolute Gasteiger partial charge is 0.450 e. The van der Waals surface area contributed by atoms with Crippen LogP contribution in [0, 0.1) is 13.8 Å². The van der Waals surface area contributed by atoms with Crippen LogP contribution in [0.5, 0.6) is 0 Å². The Balaban J connectivity index is 1.46. The van der Waals surface area contributed by atoms with Gasteiger partial charge in [0.25, 0.3) is 5.91 Å². The first-order valence-electron chi connectivity index (χ1n) is 9.22. The third-order valence-corrected chi connectivity index (χ3v) is 5.48. The summed E-state index contributed by atoms with van der Waals surface area (Å²) in [5.41, 5.74) is 3.44. The fourth-order valence-electron chi connectivity index (χ4n) is 2.92. The number of rotatable bonds is 5. The Morgan fingerprint density at radius 1 is 0.931 bits per heavy atom. The van der Waals surface area contributed by atoms with E-state index in [1.54, 1.807) is 12.1 Å². The molecule has 0 bridgehead atoms. The van der Waals surface area contributed by atoms with E-state index >= 15 is 0 Å². The van der Waals surface area contributed by atoms with Crippen LogP contribution in [0.1, 0.15) is 22.5 Å². The van der Waals surface area contributed by atoms with Gasteiger partial charge in [-0.25, -0.2) is 4.79 Å². The maximum absolute atomic E-state index is 12.6. The normalized spacial score (nSPS) is 15.2. The summed E-state index contributed by atoms with van der Waals surface area (Å²) in [4.78, 5) is 27.2. The molecule has 5 nitrogen and oxygen atoms in total. The van der Waals surface area contributed by atoms with Gasteiger partial charge in [-0.2, -0.15) is 0 Å². The smallest absolute Gasteiger partial charge is 0.329 e. The predicted octanol–water partition coefficient (Wildman–Crippen LogP) is 5.14. The van der Waals surface area contributed by atoms with E-state index in [1.165, 1.54) is 22.2 Å². The molecule has 2 heterocycles. The molecule has 1 aromatic heterocycles. The zero-order valence-electron chi connectivity index (χ0n) is 16.1. The average molecular weight is 404 g/mol. The lowest BCUT2D eigenvalue weighted by Gasteiger charge is -2.11. The molecule has 1 N–H and O–H groups in total. The fourth-order valence-corrected chi connectivity index (χ4v) is 3.70. The summed E-state index contributed by atoms with van der Waals surface area (Å²) in [6.45, 7) is 4.27. The summed E-state index contributed by atoms with van der Waals surface area (Å²) in [5, 5.41) is 3.35. The number of amides is 3. The molecule has 2 aromatic carbocycles. The molecule has 3 amide bonds. The molecule has 4 rings (SSSR count). The SMILES string of the molecule is Cc1ccc(CN2C(=O)NC(=Cc3ccc(Sc4ccc(C)cc4)o3)C2=O)cc1. The zero-order chi connectivity index (χ0) is 20.4. The molecule has 0 aliphatic carbocycles. The fraction of sp³-hybridized carbons (Fsp3) is 0.130. The van der Waals surface area contributed by atoms with E-state index in [-0.39, 0.29) is 18.1 Å². The predicted molar refractivity (Wildman–Crippen MR) is 112 cm³/mol. The van der Waals surface area contributed by atoms with Crippen molar-refractivity contribution < 1.29 is 14.0 Å². The van der Waals surface area contributed by atoms with Gasteiger partial charge in [0.2, 0.25) is 0 Å². The summed E-state index contributed by atoms with van der Waals surface area (Å²) >= 11 is 1.50. The van der Waals surface area contributed by atoms with Gasteiger partial charge < -0.3 is 9.73 Å². The molecule has 1 saturated heterocycles. The van der Waals surface area contributed by atoms with E-state index < -0.39 is 6.03 Å². The van der Waals surface area contributed by atoms with E-state index in [0.717, 1.165) is 16.0 Å². The number of nitrogens with zero attached hydrogens (tertiary/aromatic N) is 1. The molecule has 0 spiro atoms. The highest BCUT2D eigenvalue weighted by molar-refractivity contribution is 7.99. The molecule has 6 heteroatoms. The van der Waals surface area contributed by atoms with Crippen molar-refractivity contribution in [3.05, 3.63) is 88.8 Å². The van der Waals surface area contributed by atoms with Crippen LogP contribution in [0.25, 0.3) is 6.08 Å². The summed E-state index contributed by atoms with van der Waals surface area (Å²) in [6.07, 6.45) is 1.56. The van der Waals surface area contributed by atoms with Crippen LogP contribution in [-0.4, -0.2) is 16.8 Å². The lowest BCUT2D eigenvalue weighted by molar-refractivity contribution is -0.123. The molecule has 1 aliphatic rings. The molecule has 0 radical (unpaired) electrons. The molecule has 0 unspecified atom stereocenters. The van der Waals surface area contributed by atoms with Crippen LogP contribution in [-0.2, 0) is 11.3 Å². The number of imide groups is 1. The number of aryl methyl sites for hydroxylation is 2. The third-order valence-electron chi connectivity index (χ3n) is 4.55. The van der Waals surface area contributed by atoms with Crippen LogP contribution >= 0.6 is 11.8 Å². The van der Waals surface area contributed by atoms with Crippen LogP contribution in [0.15, 0.2) is 80.8 Å². The van der Waals surface area contributed by atoms with Gasteiger partial charge in [0.1, 0.15) is 11.5 Å². The highest BCUT2D eigenvalue weighted by Gasteiger charge is 2.33. The minimum absolute atomic E-state index is 0.211. The van der Waals surface area contributed by atoms with E-state index in [4.69, 9.17) is 4.42 Å². The molecule has 1 fully saturated rings. The highest BCUT2D eigenvalue weighted by Crippen LogP contribution is 2.30. The van der Waals surface area contributed by atoms with Gasteiger partial charge in [0, 0.05) is 11.0 Å². The summed E-state index contributed by atoms with van der Waals surface area (Å²) in [5.74, 6) is 0.153. The number of nitrogens with one attached hydrogen (secondary N) is 1. The molecule has 1 aliphatic heterocycles. The number of carbonyl (C=O) groups is 2. The Labute approximate surface area is 173 Å². The second-order valence-corrected chi connectivity index (χ2v) is 8.01. The molecule has 0 atom stereocenters. The van der Waals surface area contributed by atoms with Crippen molar-refractivity contribution in [2.24, 2.45) is 0 Å². The van der Waals surface area contributed by atoms with Crippen molar-refractivity contribution >= 4 is 29.8 Å². The van der Waals surface area contributed by atoms with Crippen LogP contribution in [0.2, 0.25) is 0 Å². The Morgan fingerprint density at radius 3 is 2.28 bits per heavy atom. The number of urea groups is 1. The van der Waals surface area contributed by atoms with Crippen molar-refractivity contribution in [3.63, 3.8) is 0 Å². The maximum Gasteiger partial charge on any atom is 0.329 e. The van der Waals surface area contributed by atoms with Gasteiger partial charge >= 0.3 is 6.03 Å². The lowest BCUT2D eigenvalue weighted by atomic mass is 10.1. The first kappa shape index (κ1) is 19.1. The molecular formula is C23H20N2O3S. The third kappa shape index (κ3) is 4.43. The van der Waals surface area contributed by atoms with E-state index in [9.17, 15) is 9.59 Å². The number of benzene rings is 2. The van der Waals surface area contributed by atoms with E-state index in [0.29, 0.717) is 10.9 Å². The van der Waals surface area contributed by atoms with Crippen molar-refractivity contribution in [2.75, 3.05) is 0 Å². The van der Waals surface area contributed by atoms with Gasteiger partial charge in [0.15, 0.2) is 5.09 Å². The van der Waals surface area contributed by atoms with Crippen molar-refractivity contribution in [1.82, 2.24) is 10.2 Å². The molecular weight excluding hydrogens is 384 g/mol. The first-order chi connectivity index (χ1) is 14.0. The quantitative estimate of drug-likeness (QED) is 0.472. The summed E-state index contributed by atoms with van der Waals surface area (Å²) in [6, 6.07) is 19.1. The molecule has 146 valence electrons. The topological polar surface area (TPSA) is 62.6 Å². The van der Waals surface area contributed by atoms with Gasteiger partial charge in [-0.15, -0.1) is 0 Å². The van der Waals surface area contributed by atoms with Crippen LogP contribution in [0.3, 0.4) is 0 Å². The second kappa shape index (κ2) is 8.01. The molecule has 3 aromatic rings. The highest BCUT2D eigenvalue weighted by atomic mass is 32.2. The summed E-state index contributed by atoms with van der Waals surface area (Å²) in [7, 11) is 0. The van der Waals surface area contributed by atoms with Crippen LogP contribution < -0.4 is 5.32 Å². The van der Waals surface area contributed by atoms with Crippen molar-refractivity contribution in [1.29, 1.82) is 0 Å². The maximum atomic E-state index is 12.6. The lowest BCUT2D eigenvalue weighted by Crippen LogP contribution is -2.30. The van der Waals surface area contributed by atoms with Crippen LogP contribution in [0.4, 0.5) is 4.79 Å². The van der Waals surface area contributed by atoms with Gasteiger partial charge in [-0.3, -0.25) is 9.69 Å². The number of carbonyl (C=O) groups excluding carboxylic acids is 2. The van der Waals surface area contributed by atoms with Gasteiger partial charge in [0.05, 0.1) is 6.54 Å². The Morgan fingerprint density at radius 2 is 1.59 bits per heavy atom. The van der Waals surface area contributed by atoms with Gasteiger partial charge in [-0.1, -0.05) is 59.3 Å². The first-order valence-corrected chi connectivity index (χ1v) is 10.0. The Kier molecular flexibility index (Phi) is 5.27. The minimum atomic E-state index is -0.428. The molecule has 29 heavy (non-hydrogen) atoms. The standard InChI is InChI=1S/C23H20N2O3S/c1-15-3-7-17(8-4-15)14-25-22(26)20(24-23(25)27)13-18-9-12-21(28-18)29-19-10-5-16(2)6-11-19/h3-13H,14H2,1-2H3,(H,24,27). The van der Waals surface area contributed by atoms with E-state index in [1.807, 2.05) is 68.4 Å². The number of hydrogen-bond acceptors (Lipinski definition) is 4. The molecule has 0 saturated carbocycles. The Hall–Kier alpha value is -3.25. The monoisotopic (exact) mass is 404 g/mol. The average Bonchev–Trinajstić information content (AvgIpc) is 3.25. The van der Waals surface area contributed by atoms with E-state index in [2.05, 4.69) is 5.32 Å². The van der Waals surface area contributed by atoms with Gasteiger partial charge in [-0.05, 0) is 43.7 Å². The zero-order valence-corrected chi connectivity index (χ0v) is 17.0. The second-order valence-electron chi connectivity index (χ2n) is 6.94. The Bertz CT molecular complexity index is 1080. The minimum Gasteiger partial charge on any atom is -0.450 e. The summed E-state index contributed by atoms with van der Waals surface area (Å²) < 4.78 is 5.79. The van der Waals surface area contributed by atoms with Crippen molar-refractivity contribution in [3.8, 4) is 0 Å². The number of hydrogen-bond donors (Lipinski definition) is 1. The number of furan rings is 1.